The van der Waals surface area contributed by atoms with Gasteiger partial charge in [-0.1, -0.05) is 37.8 Å². The van der Waals surface area contributed by atoms with E-state index in [2.05, 4.69) is 25.6 Å². The minimum atomic E-state index is -0.343. The van der Waals surface area contributed by atoms with Gasteiger partial charge in [-0.05, 0) is 96.2 Å². The number of aliphatic hydroxyl groups is 1. The summed E-state index contributed by atoms with van der Waals surface area (Å²) in [6.07, 6.45) is 4.89. The molecule has 0 aliphatic heterocycles. The number of carbonyl (C=O) groups is 1. The van der Waals surface area contributed by atoms with Crippen molar-refractivity contribution in [2.75, 3.05) is 0 Å². The van der Waals surface area contributed by atoms with Crippen molar-refractivity contribution in [3.63, 3.8) is 0 Å². The van der Waals surface area contributed by atoms with E-state index in [1.54, 1.807) is 12.1 Å². The first-order chi connectivity index (χ1) is 14.0. The second-order valence-electron chi connectivity index (χ2n) is 9.26. The van der Waals surface area contributed by atoms with Crippen LogP contribution in [-0.2, 0) is 6.42 Å². The lowest BCUT2D eigenvalue weighted by atomic mass is 9.55. The van der Waals surface area contributed by atoms with Crippen LogP contribution < -0.4 is 4.74 Å². The molecule has 0 aromatic heterocycles. The number of esters is 1. The van der Waals surface area contributed by atoms with Gasteiger partial charge in [-0.15, -0.1) is 0 Å². The number of benzene rings is 2. The van der Waals surface area contributed by atoms with Gasteiger partial charge in [0.15, 0.2) is 0 Å². The van der Waals surface area contributed by atoms with Crippen molar-refractivity contribution in [2.45, 2.75) is 51.0 Å². The molecule has 1 N–H and O–H groups in total. The van der Waals surface area contributed by atoms with Gasteiger partial charge in [0, 0.05) is 0 Å². The van der Waals surface area contributed by atoms with E-state index >= 15 is 0 Å². The highest BCUT2D eigenvalue weighted by Crippen LogP contribution is 2.62. The standard InChI is InChI=1S/C26H28O3/c1-16-24(27)15-23-22-10-8-18-14-19(29-25(28)17-6-4-3-5-7-17)9-11-20(18)21(22)12-13-26(16,23)2/h3-7,9,11,14,21-24,27H,1,8,10,12-13,15H2,2H3/t21?,22?,23?,24-,26-/m1/s1. The minimum absolute atomic E-state index is 0.0865. The Hall–Kier alpha value is -2.39. The van der Waals surface area contributed by atoms with Crippen LogP contribution in [0.25, 0.3) is 0 Å². The van der Waals surface area contributed by atoms with E-state index in [1.807, 2.05) is 24.3 Å². The van der Waals surface area contributed by atoms with Crippen molar-refractivity contribution in [3.8, 4) is 5.75 Å². The highest BCUT2D eigenvalue weighted by Gasteiger charge is 2.54. The Morgan fingerprint density at radius 2 is 1.97 bits per heavy atom. The lowest BCUT2D eigenvalue weighted by Gasteiger charge is -2.49. The highest BCUT2D eigenvalue weighted by atomic mass is 16.5. The second kappa shape index (κ2) is 6.84. The van der Waals surface area contributed by atoms with Gasteiger partial charge >= 0.3 is 5.97 Å². The van der Waals surface area contributed by atoms with Gasteiger partial charge in [-0.2, -0.15) is 0 Å². The molecule has 2 aromatic rings. The van der Waals surface area contributed by atoms with Crippen LogP contribution >= 0.6 is 0 Å². The summed E-state index contributed by atoms with van der Waals surface area (Å²) in [5.41, 5.74) is 4.43. The number of hydrogen-bond donors (Lipinski definition) is 1. The maximum atomic E-state index is 12.4. The number of rotatable bonds is 2. The first-order valence-corrected chi connectivity index (χ1v) is 10.7. The number of ether oxygens (including phenoxy) is 1. The van der Waals surface area contributed by atoms with Crippen LogP contribution in [0, 0.1) is 17.3 Å². The number of aliphatic hydroxyl groups excluding tert-OH is 1. The molecule has 0 amide bonds. The fraction of sp³-hybridized carbons (Fsp3) is 0.423. The Morgan fingerprint density at radius 3 is 2.76 bits per heavy atom. The topological polar surface area (TPSA) is 46.5 Å². The van der Waals surface area contributed by atoms with Gasteiger partial charge in [0.1, 0.15) is 5.75 Å². The molecule has 3 nitrogen and oxygen atoms in total. The van der Waals surface area contributed by atoms with Crippen LogP contribution in [0.2, 0.25) is 0 Å². The van der Waals surface area contributed by atoms with Crippen molar-refractivity contribution in [1.82, 2.24) is 0 Å². The fourth-order valence-electron chi connectivity index (χ4n) is 6.28. The summed E-state index contributed by atoms with van der Waals surface area (Å²) in [5.74, 6) is 1.97. The third-order valence-electron chi connectivity index (χ3n) is 7.92. The van der Waals surface area contributed by atoms with Gasteiger partial charge < -0.3 is 9.84 Å². The molecular formula is C26H28O3. The van der Waals surface area contributed by atoms with Crippen molar-refractivity contribution in [1.29, 1.82) is 0 Å². The average molecular weight is 389 g/mol. The number of aryl methyl sites for hydroxylation is 1. The largest absolute Gasteiger partial charge is 0.423 e. The molecule has 3 aliphatic rings. The molecule has 0 heterocycles. The molecule has 2 aromatic carbocycles. The van der Waals surface area contributed by atoms with Gasteiger partial charge in [-0.3, -0.25) is 0 Å². The van der Waals surface area contributed by atoms with Crippen LogP contribution in [0.4, 0.5) is 0 Å². The van der Waals surface area contributed by atoms with Crippen molar-refractivity contribution >= 4 is 5.97 Å². The smallest absolute Gasteiger partial charge is 0.343 e. The number of fused-ring (bicyclic) bond motifs is 5. The third kappa shape index (κ3) is 2.95. The zero-order chi connectivity index (χ0) is 20.2. The Balaban J connectivity index is 1.38. The molecule has 0 spiro atoms. The zero-order valence-corrected chi connectivity index (χ0v) is 16.9. The van der Waals surface area contributed by atoms with Gasteiger partial charge in [0.2, 0.25) is 0 Å². The molecular weight excluding hydrogens is 360 g/mol. The Labute approximate surface area is 172 Å². The summed E-state index contributed by atoms with van der Waals surface area (Å²) in [4.78, 5) is 12.4. The SMILES string of the molecule is C=C1[C@H](O)CC2C3CCc4cc(OC(=O)c5ccccc5)ccc4C3CC[C@]12C. The predicted molar refractivity (Wildman–Crippen MR) is 113 cm³/mol. The molecule has 0 bridgehead atoms. The van der Waals surface area contributed by atoms with Crippen LogP contribution in [0.15, 0.2) is 60.7 Å². The molecule has 2 fully saturated rings. The maximum Gasteiger partial charge on any atom is 0.343 e. The Bertz CT molecular complexity index is 963. The molecule has 3 aliphatic carbocycles. The predicted octanol–water partition coefficient (Wildman–Crippen LogP) is 5.29. The van der Waals surface area contributed by atoms with Crippen molar-refractivity contribution in [2.24, 2.45) is 17.3 Å². The lowest BCUT2D eigenvalue weighted by Crippen LogP contribution is -2.40. The minimum Gasteiger partial charge on any atom is -0.423 e. The van der Waals surface area contributed by atoms with Gasteiger partial charge in [0.25, 0.3) is 0 Å². The third-order valence-corrected chi connectivity index (χ3v) is 7.92. The molecule has 0 radical (unpaired) electrons. The summed E-state index contributed by atoms with van der Waals surface area (Å²) < 4.78 is 5.63. The van der Waals surface area contributed by atoms with Crippen LogP contribution in [0.1, 0.15) is 60.0 Å². The summed E-state index contributed by atoms with van der Waals surface area (Å²) in [5, 5.41) is 10.4. The van der Waals surface area contributed by atoms with Crippen LogP contribution in [-0.4, -0.2) is 17.2 Å². The molecule has 150 valence electrons. The Kier molecular flexibility index (Phi) is 4.40. The highest BCUT2D eigenvalue weighted by molar-refractivity contribution is 5.91. The van der Waals surface area contributed by atoms with E-state index in [-0.39, 0.29) is 17.5 Å². The van der Waals surface area contributed by atoms with Crippen LogP contribution in [0.5, 0.6) is 5.75 Å². The second-order valence-corrected chi connectivity index (χ2v) is 9.26. The van der Waals surface area contributed by atoms with Gasteiger partial charge in [0.05, 0.1) is 11.7 Å². The zero-order valence-electron chi connectivity index (χ0n) is 16.9. The first kappa shape index (κ1) is 18.6. The quantitative estimate of drug-likeness (QED) is 0.432. The molecule has 5 rings (SSSR count). The Morgan fingerprint density at radius 1 is 1.17 bits per heavy atom. The normalized spacial score (nSPS) is 32.8. The summed E-state index contributed by atoms with van der Waals surface area (Å²) >= 11 is 0. The fourth-order valence-corrected chi connectivity index (χ4v) is 6.28. The number of hydrogen-bond acceptors (Lipinski definition) is 3. The van der Waals surface area contributed by atoms with Gasteiger partial charge in [-0.25, -0.2) is 4.79 Å². The van der Waals surface area contributed by atoms with E-state index in [0.717, 1.165) is 37.7 Å². The van der Waals surface area contributed by atoms with Crippen molar-refractivity contribution < 1.29 is 14.6 Å². The monoisotopic (exact) mass is 388 g/mol. The van der Waals surface area contributed by atoms with E-state index in [4.69, 9.17) is 4.74 Å². The summed E-state index contributed by atoms with van der Waals surface area (Å²) in [6.45, 7) is 6.55. The van der Waals surface area contributed by atoms with E-state index in [9.17, 15) is 9.90 Å². The molecule has 29 heavy (non-hydrogen) atoms. The van der Waals surface area contributed by atoms with E-state index in [0.29, 0.717) is 29.1 Å². The van der Waals surface area contributed by atoms with E-state index < -0.39 is 0 Å². The molecule has 3 unspecified atom stereocenters. The summed E-state index contributed by atoms with van der Waals surface area (Å²) in [7, 11) is 0. The van der Waals surface area contributed by atoms with Crippen molar-refractivity contribution in [3.05, 3.63) is 77.4 Å². The molecule has 2 saturated carbocycles. The van der Waals surface area contributed by atoms with Crippen LogP contribution in [0.3, 0.4) is 0 Å². The molecule has 5 atom stereocenters. The lowest BCUT2D eigenvalue weighted by molar-refractivity contribution is 0.0731. The first-order valence-electron chi connectivity index (χ1n) is 10.7. The summed E-state index contributed by atoms with van der Waals surface area (Å²) in [6, 6.07) is 15.3. The van der Waals surface area contributed by atoms with E-state index in [1.165, 1.54) is 11.1 Å². The molecule has 0 saturated heterocycles. The number of carbonyl (C=O) groups excluding carboxylic acids is 1. The molecule has 3 heteroatoms. The maximum absolute atomic E-state index is 12.4. The average Bonchev–Trinajstić information content (AvgIpc) is 2.98.